The first-order valence-electron chi connectivity index (χ1n) is 9.25. The van der Waals surface area contributed by atoms with Crippen LogP contribution in [-0.2, 0) is 22.0 Å². The Morgan fingerprint density at radius 3 is 2.54 bits per heavy atom. The molecule has 0 radical (unpaired) electrons. The van der Waals surface area contributed by atoms with E-state index in [1.54, 1.807) is 31.3 Å². The first-order valence-corrected chi connectivity index (χ1v) is 10.9. The molecular weight excluding hydrogens is 382 g/mol. The van der Waals surface area contributed by atoms with Gasteiger partial charge in [-0.3, -0.25) is 4.79 Å². The van der Waals surface area contributed by atoms with Crippen molar-refractivity contribution in [1.82, 2.24) is 9.71 Å². The van der Waals surface area contributed by atoms with Gasteiger partial charge < -0.3 is 15.1 Å². The van der Waals surface area contributed by atoms with Gasteiger partial charge in [0.1, 0.15) is 5.69 Å². The predicted molar refractivity (Wildman–Crippen MR) is 107 cm³/mol. The number of anilines is 1. The lowest BCUT2D eigenvalue weighted by molar-refractivity contribution is 0.159. The van der Waals surface area contributed by atoms with Crippen LogP contribution in [0.3, 0.4) is 0 Å². The number of aromatic nitrogens is 2. The molecule has 2 heterocycles. The zero-order valence-electron chi connectivity index (χ0n) is 16.0. The molecule has 9 heteroatoms. The number of hydrogen-bond donors (Lipinski definition) is 2. The van der Waals surface area contributed by atoms with Gasteiger partial charge in [-0.15, -0.1) is 0 Å². The summed E-state index contributed by atoms with van der Waals surface area (Å²) in [5.74, 6) is -0.109. The van der Waals surface area contributed by atoms with Gasteiger partial charge in [0.25, 0.3) is 0 Å². The van der Waals surface area contributed by atoms with Gasteiger partial charge in [-0.05, 0) is 12.0 Å². The van der Waals surface area contributed by atoms with Crippen LogP contribution >= 0.6 is 0 Å². The Bertz CT molecular complexity index is 1070. The maximum Gasteiger partial charge on any atom is 0.362 e. The summed E-state index contributed by atoms with van der Waals surface area (Å²) < 4.78 is 25.9. The first kappa shape index (κ1) is 20.2. The molecule has 1 aromatic heterocycles. The minimum Gasteiger partial charge on any atom is -0.421 e. The fourth-order valence-corrected chi connectivity index (χ4v) is 6.10. The molecule has 1 aromatic carbocycles. The largest absolute Gasteiger partial charge is 0.421 e. The van der Waals surface area contributed by atoms with Crippen LogP contribution in [-0.4, -0.2) is 41.7 Å². The van der Waals surface area contributed by atoms with Crippen LogP contribution < -0.4 is 16.1 Å². The lowest BCUT2D eigenvalue weighted by Crippen LogP contribution is -2.56. The highest BCUT2D eigenvalue weighted by molar-refractivity contribution is 7.92. The molecule has 0 saturated carbocycles. The van der Waals surface area contributed by atoms with Gasteiger partial charge in [-0.25, -0.2) is 13.2 Å². The Hall–Kier alpha value is -2.55. The number of aromatic amines is 1. The molecule has 1 unspecified atom stereocenters. The zero-order chi connectivity index (χ0) is 20.5. The number of rotatable bonds is 6. The third-order valence-corrected chi connectivity index (χ3v) is 7.89. The van der Waals surface area contributed by atoms with Crippen molar-refractivity contribution in [3.63, 3.8) is 0 Å². The summed E-state index contributed by atoms with van der Waals surface area (Å²) in [5, 5.41) is 9.62. The minimum absolute atomic E-state index is 0.0207. The van der Waals surface area contributed by atoms with Crippen LogP contribution in [0.2, 0.25) is 0 Å². The molecule has 0 saturated heterocycles. The first-order chi connectivity index (χ1) is 13.2. The third-order valence-electron chi connectivity index (χ3n) is 5.38. The average Bonchev–Trinajstić information content (AvgIpc) is 2.64. The summed E-state index contributed by atoms with van der Waals surface area (Å²) in [6, 6.07) is 8.98. The summed E-state index contributed by atoms with van der Waals surface area (Å²) in [7, 11) is -2.01. The van der Waals surface area contributed by atoms with Crippen molar-refractivity contribution in [2.75, 3.05) is 18.5 Å². The van der Waals surface area contributed by atoms with Crippen LogP contribution in [0.5, 0.6) is 0 Å². The summed E-state index contributed by atoms with van der Waals surface area (Å²) in [5.41, 5.74) is -0.730. The number of unbranched alkanes of at least 4 members (excludes halogenated alkanes) is 1. The second-order valence-electron chi connectivity index (χ2n) is 7.44. The molecule has 1 atom stereocenters. The van der Waals surface area contributed by atoms with Crippen molar-refractivity contribution in [3.8, 4) is 0 Å². The molecular formula is C19H25N3O5S. The Morgan fingerprint density at radius 1 is 1.21 bits per heavy atom. The van der Waals surface area contributed by atoms with Crippen LogP contribution in [0, 0.1) is 0 Å². The quantitative estimate of drug-likeness (QED) is 0.698. The van der Waals surface area contributed by atoms with E-state index < -0.39 is 25.8 Å². The molecule has 2 N–H and O–H groups in total. The van der Waals surface area contributed by atoms with Gasteiger partial charge >= 0.3 is 11.2 Å². The molecule has 152 valence electrons. The van der Waals surface area contributed by atoms with E-state index in [1.165, 1.54) is 4.90 Å². The van der Waals surface area contributed by atoms with Gasteiger partial charge in [0, 0.05) is 20.0 Å². The molecule has 1 aliphatic heterocycles. The number of sulfone groups is 1. The Labute approximate surface area is 163 Å². The van der Waals surface area contributed by atoms with Gasteiger partial charge in [0.2, 0.25) is 0 Å². The van der Waals surface area contributed by atoms with E-state index in [0.717, 1.165) is 6.42 Å². The highest BCUT2D eigenvalue weighted by Gasteiger charge is 2.48. The maximum atomic E-state index is 13.5. The summed E-state index contributed by atoms with van der Waals surface area (Å²) >= 11 is 0. The molecule has 28 heavy (non-hydrogen) atoms. The van der Waals surface area contributed by atoms with Gasteiger partial charge in [-0.2, -0.15) is 0 Å². The predicted octanol–water partition coefficient (Wildman–Crippen LogP) is 1.31. The summed E-state index contributed by atoms with van der Waals surface area (Å²) in [6.07, 6.45) is 1.99. The molecule has 1 aliphatic rings. The summed E-state index contributed by atoms with van der Waals surface area (Å²) in [4.78, 5) is 28.2. The SMILES string of the molecule is CCCCC1(S(=O)(=O)Cc2ccccc2)Cc2[nH]c(=O)n(O)c(=O)c2N(C)C1. The lowest BCUT2D eigenvalue weighted by atomic mass is 9.91. The van der Waals surface area contributed by atoms with E-state index >= 15 is 0 Å². The molecule has 3 rings (SSSR count). The van der Waals surface area contributed by atoms with Crippen molar-refractivity contribution in [2.24, 2.45) is 0 Å². The minimum atomic E-state index is -3.62. The molecule has 0 fully saturated rings. The van der Waals surface area contributed by atoms with Gasteiger partial charge in [0.15, 0.2) is 9.84 Å². The Kier molecular flexibility index (Phi) is 5.38. The molecule has 0 aliphatic carbocycles. The number of hydrogen-bond acceptors (Lipinski definition) is 6. The van der Waals surface area contributed by atoms with Crippen LogP contribution in [0.25, 0.3) is 0 Å². The molecule has 8 nitrogen and oxygen atoms in total. The Morgan fingerprint density at radius 2 is 1.89 bits per heavy atom. The van der Waals surface area contributed by atoms with E-state index in [2.05, 4.69) is 4.98 Å². The van der Waals surface area contributed by atoms with Crippen molar-refractivity contribution < 1.29 is 13.6 Å². The topological polar surface area (TPSA) is 112 Å². The second kappa shape index (κ2) is 7.46. The van der Waals surface area contributed by atoms with E-state index in [9.17, 15) is 23.2 Å². The number of H-pyrrole nitrogens is 1. The zero-order valence-corrected chi connectivity index (χ0v) is 16.8. The van der Waals surface area contributed by atoms with Crippen LogP contribution in [0.4, 0.5) is 5.69 Å². The van der Waals surface area contributed by atoms with E-state index in [0.29, 0.717) is 18.4 Å². The Balaban J connectivity index is 2.10. The second-order valence-corrected chi connectivity index (χ2v) is 9.82. The molecule has 0 spiro atoms. The summed E-state index contributed by atoms with van der Waals surface area (Å²) in [6.45, 7) is 2.11. The highest BCUT2D eigenvalue weighted by Crippen LogP contribution is 2.37. The number of nitrogens with zero attached hydrogens (tertiary/aromatic N) is 2. The standard InChI is InChI=1S/C19H25N3O5S/c1-3-4-10-19(28(26,27)12-14-8-6-5-7-9-14)11-15-16(21(2)13-19)17(23)22(25)18(24)20-15/h5-9,25H,3-4,10-13H2,1-2H3,(H,20,24). The van der Waals surface area contributed by atoms with Crippen molar-refractivity contribution in [3.05, 3.63) is 62.4 Å². The van der Waals surface area contributed by atoms with E-state index in [4.69, 9.17) is 0 Å². The maximum absolute atomic E-state index is 13.5. The van der Waals surface area contributed by atoms with E-state index in [-0.39, 0.29) is 34.8 Å². The smallest absolute Gasteiger partial charge is 0.362 e. The number of nitrogens with one attached hydrogen (secondary N) is 1. The molecule has 2 aromatic rings. The van der Waals surface area contributed by atoms with Crippen LogP contribution in [0.15, 0.2) is 39.9 Å². The normalized spacial score (nSPS) is 19.4. The van der Waals surface area contributed by atoms with Gasteiger partial charge in [-0.1, -0.05) is 54.8 Å². The molecule has 0 amide bonds. The van der Waals surface area contributed by atoms with Crippen molar-refractivity contribution in [2.45, 2.75) is 43.1 Å². The average molecular weight is 407 g/mol. The molecule has 0 bridgehead atoms. The fourth-order valence-electron chi connectivity index (χ4n) is 3.95. The third kappa shape index (κ3) is 3.46. The fraction of sp³-hybridized carbons (Fsp3) is 0.474. The number of benzene rings is 1. The van der Waals surface area contributed by atoms with E-state index in [1.807, 2.05) is 13.0 Å². The highest BCUT2D eigenvalue weighted by atomic mass is 32.2. The number of fused-ring (bicyclic) bond motifs is 1. The van der Waals surface area contributed by atoms with Crippen molar-refractivity contribution >= 4 is 15.5 Å². The van der Waals surface area contributed by atoms with Crippen LogP contribution in [0.1, 0.15) is 37.4 Å². The van der Waals surface area contributed by atoms with Gasteiger partial charge in [0.05, 0.1) is 16.2 Å². The van der Waals surface area contributed by atoms with Crippen molar-refractivity contribution in [1.29, 1.82) is 0 Å². The monoisotopic (exact) mass is 407 g/mol. The lowest BCUT2D eigenvalue weighted by Gasteiger charge is -2.42.